The normalized spacial score (nSPS) is 12.5. The van der Waals surface area contributed by atoms with Crippen molar-refractivity contribution in [2.45, 2.75) is 356 Å². The summed E-state index contributed by atoms with van der Waals surface area (Å²) < 4.78 is 16.9. The van der Waals surface area contributed by atoms with Gasteiger partial charge in [0.15, 0.2) is 6.10 Å². The number of hydrogen-bond donors (Lipinski definition) is 0. The minimum atomic E-state index is -0.764. The number of rotatable bonds is 56. The summed E-state index contributed by atoms with van der Waals surface area (Å²) in [7, 11) is 0. The molecular weight excluding hydrogens is 853 g/mol. The number of ether oxygens (including phenoxy) is 3. The van der Waals surface area contributed by atoms with Gasteiger partial charge in [0, 0.05) is 19.3 Å². The van der Waals surface area contributed by atoms with Gasteiger partial charge in [-0.2, -0.15) is 0 Å². The molecule has 0 aromatic carbocycles. The quantitative estimate of drug-likeness (QED) is 0.0343. The lowest BCUT2D eigenvalue weighted by Crippen LogP contribution is -2.30. The Hall–Kier alpha value is -1.59. The summed E-state index contributed by atoms with van der Waals surface area (Å²) in [6.45, 7) is 13.8. The molecule has 0 bridgehead atoms. The molecule has 0 saturated heterocycles. The second-order valence-electron chi connectivity index (χ2n) is 22.9. The maximum Gasteiger partial charge on any atom is 0.306 e. The van der Waals surface area contributed by atoms with Crippen molar-refractivity contribution < 1.29 is 28.6 Å². The third-order valence-corrected chi connectivity index (χ3v) is 14.8. The first kappa shape index (κ1) is 67.4. The van der Waals surface area contributed by atoms with Crippen LogP contribution in [0.5, 0.6) is 0 Å². The van der Waals surface area contributed by atoms with E-state index in [9.17, 15) is 14.4 Å². The Labute approximate surface area is 431 Å². The van der Waals surface area contributed by atoms with Gasteiger partial charge in [0.25, 0.3) is 0 Å². The van der Waals surface area contributed by atoms with Crippen LogP contribution in [0.25, 0.3) is 0 Å². The number of carbonyl (C=O) groups is 3. The van der Waals surface area contributed by atoms with Crippen molar-refractivity contribution >= 4 is 17.9 Å². The van der Waals surface area contributed by atoms with Crippen LogP contribution in [0.2, 0.25) is 0 Å². The van der Waals surface area contributed by atoms with Crippen LogP contribution in [0.4, 0.5) is 0 Å². The molecule has 0 aromatic heterocycles. The topological polar surface area (TPSA) is 78.9 Å². The number of carbonyl (C=O) groups excluding carboxylic acids is 3. The van der Waals surface area contributed by atoms with E-state index in [4.69, 9.17) is 14.2 Å². The molecule has 0 saturated carbocycles. The summed E-state index contributed by atoms with van der Waals surface area (Å²) in [5.41, 5.74) is 0. The summed E-state index contributed by atoms with van der Waals surface area (Å²) in [6.07, 6.45) is 58.1. The zero-order valence-corrected chi connectivity index (χ0v) is 47.6. The van der Waals surface area contributed by atoms with Crippen molar-refractivity contribution in [3.8, 4) is 0 Å². The second-order valence-corrected chi connectivity index (χ2v) is 22.9. The van der Waals surface area contributed by atoms with Gasteiger partial charge in [-0.3, -0.25) is 14.4 Å². The van der Waals surface area contributed by atoms with E-state index in [1.165, 1.54) is 231 Å². The Balaban J connectivity index is 4.26. The first-order chi connectivity index (χ1) is 33.6. The summed E-state index contributed by atoms with van der Waals surface area (Å²) in [5, 5.41) is 0. The molecule has 0 spiro atoms. The standard InChI is InChI=1S/C63H122O6/c1-7-59(6)51-45-39-33-27-21-14-12-10-8-9-11-13-15-23-30-36-42-48-54-63(66)69-60(56-68-62(65)53-47-41-35-29-24-18-20-26-32-38-44-50-58(4)5)55-67-61(64)52-46-40-34-28-22-17-16-19-25-31-37-43-49-57(2)3/h57-60H,7-56H2,1-6H3/t59?,60-/m1/s1. The monoisotopic (exact) mass is 975 g/mol. The second kappa shape index (κ2) is 54.2. The minimum Gasteiger partial charge on any atom is -0.462 e. The van der Waals surface area contributed by atoms with Crippen LogP contribution in [0.3, 0.4) is 0 Å². The summed E-state index contributed by atoms with van der Waals surface area (Å²) in [6, 6.07) is 0. The molecule has 2 atom stereocenters. The first-order valence-electron chi connectivity index (χ1n) is 31.1. The molecule has 0 aliphatic heterocycles. The molecule has 0 rings (SSSR count). The molecule has 69 heavy (non-hydrogen) atoms. The summed E-state index contributed by atoms with van der Waals surface area (Å²) >= 11 is 0. The van der Waals surface area contributed by atoms with Crippen LogP contribution >= 0.6 is 0 Å². The molecule has 1 unspecified atom stereocenters. The Bertz CT molecular complexity index is 1070. The van der Waals surface area contributed by atoms with Crippen molar-refractivity contribution in [1.82, 2.24) is 0 Å². The van der Waals surface area contributed by atoms with Crippen LogP contribution in [0.15, 0.2) is 0 Å². The maximum atomic E-state index is 12.9. The van der Waals surface area contributed by atoms with E-state index in [1.807, 2.05) is 0 Å². The molecule has 0 radical (unpaired) electrons. The molecule has 0 aliphatic carbocycles. The number of unbranched alkanes of at least 4 members (excludes halogenated alkanes) is 38. The number of hydrogen-bond acceptors (Lipinski definition) is 6. The predicted molar refractivity (Wildman–Crippen MR) is 298 cm³/mol. The van der Waals surface area contributed by atoms with Gasteiger partial charge in [-0.05, 0) is 37.0 Å². The average molecular weight is 976 g/mol. The van der Waals surface area contributed by atoms with E-state index >= 15 is 0 Å². The molecule has 410 valence electrons. The SMILES string of the molecule is CCC(C)CCCCCCCCCCCCCCCCCCCCC(=O)O[C@H](COC(=O)CCCCCCCCCCCCCCC(C)C)COC(=O)CCCCCCCCCCCCCC(C)C. The van der Waals surface area contributed by atoms with Crippen LogP contribution in [-0.4, -0.2) is 37.2 Å². The van der Waals surface area contributed by atoms with E-state index in [1.54, 1.807) is 0 Å². The van der Waals surface area contributed by atoms with Gasteiger partial charge in [0.2, 0.25) is 0 Å². The molecule has 0 heterocycles. The van der Waals surface area contributed by atoms with Crippen molar-refractivity contribution in [3.05, 3.63) is 0 Å². The Morgan fingerprint density at radius 3 is 0.754 bits per heavy atom. The van der Waals surface area contributed by atoms with Gasteiger partial charge in [-0.15, -0.1) is 0 Å². The molecule has 0 N–H and O–H groups in total. The lowest BCUT2D eigenvalue weighted by molar-refractivity contribution is -0.167. The first-order valence-corrected chi connectivity index (χ1v) is 31.1. The largest absolute Gasteiger partial charge is 0.462 e. The van der Waals surface area contributed by atoms with Gasteiger partial charge in [0.05, 0.1) is 0 Å². The predicted octanol–water partition coefficient (Wildman–Crippen LogP) is 20.7. The highest BCUT2D eigenvalue weighted by Gasteiger charge is 2.19. The smallest absolute Gasteiger partial charge is 0.306 e. The highest BCUT2D eigenvalue weighted by Crippen LogP contribution is 2.19. The Kier molecular flexibility index (Phi) is 52.9. The maximum absolute atomic E-state index is 12.9. The lowest BCUT2D eigenvalue weighted by Gasteiger charge is -2.18. The van der Waals surface area contributed by atoms with Gasteiger partial charge in [0.1, 0.15) is 13.2 Å². The van der Waals surface area contributed by atoms with Crippen molar-refractivity contribution in [2.24, 2.45) is 17.8 Å². The van der Waals surface area contributed by atoms with E-state index in [-0.39, 0.29) is 31.1 Å². The highest BCUT2D eigenvalue weighted by molar-refractivity contribution is 5.71. The summed E-state index contributed by atoms with van der Waals surface area (Å²) in [4.78, 5) is 38.2. The van der Waals surface area contributed by atoms with E-state index < -0.39 is 6.10 Å². The van der Waals surface area contributed by atoms with Gasteiger partial charge in [-0.25, -0.2) is 0 Å². The Morgan fingerprint density at radius 1 is 0.290 bits per heavy atom. The van der Waals surface area contributed by atoms with Crippen LogP contribution in [0.1, 0.15) is 350 Å². The van der Waals surface area contributed by atoms with Crippen molar-refractivity contribution in [1.29, 1.82) is 0 Å². The average Bonchev–Trinajstić information content (AvgIpc) is 3.32. The lowest BCUT2D eigenvalue weighted by atomic mass is 9.99. The van der Waals surface area contributed by atoms with Gasteiger partial charge in [-0.1, -0.05) is 311 Å². The molecule has 0 aliphatic rings. The fourth-order valence-corrected chi connectivity index (χ4v) is 9.67. The van der Waals surface area contributed by atoms with Gasteiger partial charge < -0.3 is 14.2 Å². The zero-order valence-electron chi connectivity index (χ0n) is 47.6. The van der Waals surface area contributed by atoms with Crippen LogP contribution < -0.4 is 0 Å². The number of esters is 3. The third kappa shape index (κ3) is 55.6. The molecular formula is C63H122O6. The van der Waals surface area contributed by atoms with Crippen LogP contribution in [-0.2, 0) is 28.6 Å². The van der Waals surface area contributed by atoms with Crippen molar-refractivity contribution in [2.75, 3.05) is 13.2 Å². The van der Waals surface area contributed by atoms with E-state index in [0.29, 0.717) is 19.3 Å². The molecule has 6 heteroatoms. The van der Waals surface area contributed by atoms with E-state index in [0.717, 1.165) is 75.5 Å². The van der Waals surface area contributed by atoms with E-state index in [2.05, 4.69) is 41.5 Å². The summed E-state index contributed by atoms with van der Waals surface area (Å²) in [5.74, 6) is 1.73. The minimum absolute atomic E-state index is 0.0631. The third-order valence-electron chi connectivity index (χ3n) is 14.8. The molecule has 0 aromatic rings. The Morgan fingerprint density at radius 2 is 0.507 bits per heavy atom. The molecule has 6 nitrogen and oxygen atoms in total. The highest BCUT2D eigenvalue weighted by atomic mass is 16.6. The zero-order chi connectivity index (χ0) is 50.5. The van der Waals surface area contributed by atoms with Gasteiger partial charge >= 0.3 is 17.9 Å². The van der Waals surface area contributed by atoms with Crippen molar-refractivity contribution in [3.63, 3.8) is 0 Å². The van der Waals surface area contributed by atoms with Crippen LogP contribution in [0, 0.1) is 17.8 Å². The fourth-order valence-electron chi connectivity index (χ4n) is 9.67. The molecule has 0 amide bonds. The fraction of sp³-hybridized carbons (Fsp3) is 0.952. The molecule has 0 fully saturated rings.